The topological polar surface area (TPSA) is 86.7 Å². The van der Waals surface area contributed by atoms with Crippen molar-refractivity contribution in [3.63, 3.8) is 0 Å². The molecule has 8 heteroatoms. The van der Waals surface area contributed by atoms with Crippen LogP contribution in [0.3, 0.4) is 0 Å². The zero-order valence-corrected chi connectivity index (χ0v) is 14.0. The number of ether oxygens (including phenoxy) is 2. The molecule has 0 bridgehead atoms. The van der Waals surface area contributed by atoms with E-state index in [9.17, 15) is 0 Å². The summed E-state index contributed by atoms with van der Waals surface area (Å²) in [6.45, 7) is 2.82. The molecule has 0 amide bonds. The number of pyridine rings is 1. The van der Waals surface area contributed by atoms with Gasteiger partial charge >= 0.3 is 0 Å². The molecule has 132 valence electrons. The minimum atomic E-state index is 0.0337. The Morgan fingerprint density at radius 3 is 3.15 bits per heavy atom. The average Bonchev–Trinajstić information content (AvgIpc) is 3.30. The zero-order chi connectivity index (χ0) is 17.3. The van der Waals surface area contributed by atoms with E-state index in [-0.39, 0.29) is 6.10 Å². The Balaban J connectivity index is 1.44. The highest BCUT2D eigenvalue weighted by molar-refractivity contribution is 5.81. The van der Waals surface area contributed by atoms with Crippen LogP contribution in [0.5, 0.6) is 5.88 Å². The minimum Gasteiger partial charge on any atom is -0.474 e. The number of rotatable bonds is 4. The van der Waals surface area contributed by atoms with Gasteiger partial charge in [0, 0.05) is 36.9 Å². The predicted molar refractivity (Wildman–Crippen MR) is 94.1 cm³/mol. The molecule has 0 radical (unpaired) electrons. The molecule has 5 rings (SSSR count). The molecule has 0 aliphatic carbocycles. The summed E-state index contributed by atoms with van der Waals surface area (Å²) in [6.07, 6.45) is 5.25. The second-order valence-electron chi connectivity index (χ2n) is 6.12. The van der Waals surface area contributed by atoms with Crippen molar-refractivity contribution < 1.29 is 13.9 Å². The summed E-state index contributed by atoms with van der Waals surface area (Å²) < 4.78 is 19.1. The van der Waals surface area contributed by atoms with Gasteiger partial charge in [-0.2, -0.15) is 0 Å². The number of morpholine rings is 1. The molecule has 4 aromatic rings. The van der Waals surface area contributed by atoms with Gasteiger partial charge in [0.1, 0.15) is 24.0 Å². The van der Waals surface area contributed by atoms with Crippen molar-refractivity contribution >= 4 is 16.6 Å². The van der Waals surface area contributed by atoms with E-state index in [1.165, 1.54) is 0 Å². The van der Waals surface area contributed by atoms with E-state index in [0.29, 0.717) is 24.9 Å². The molecule has 1 N–H and O–H groups in total. The molecule has 26 heavy (non-hydrogen) atoms. The Kier molecular flexibility index (Phi) is 3.76. The molecule has 4 aromatic heterocycles. The molecule has 1 atom stereocenters. The average molecular weight is 351 g/mol. The van der Waals surface area contributed by atoms with E-state index in [0.717, 1.165) is 35.4 Å². The number of hydrogen-bond acceptors (Lipinski definition) is 7. The lowest BCUT2D eigenvalue weighted by atomic mass is 10.3. The van der Waals surface area contributed by atoms with Crippen LogP contribution in [0.25, 0.3) is 28.1 Å². The lowest BCUT2D eigenvalue weighted by molar-refractivity contribution is -0.000968. The molecule has 1 aliphatic heterocycles. The van der Waals surface area contributed by atoms with Crippen molar-refractivity contribution in [1.82, 2.24) is 24.9 Å². The second kappa shape index (κ2) is 6.40. The Hall–Kier alpha value is -2.97. The number of nitrogens with one attached hydrogen (secondary N) is 1. The standard InChI is InChI=1S/C18H17N5O3/c1-2-18(25-11-13-9-20-5-6-24-13)22-23-14(10-21-17(1)23)16-7-12-8-19-4-3-15(12)26-16/h1-4,7-8,10,13,20H,5-6,9,11H2/t13-/m1/s1. The first-order valence-electron chi connectivity index (χ1n) is 8.51. The number of aromatic nitrogens is 4. The van der Waals surface area contributed by atoms with Gasteiger partial charge in [-0.1, -0.05) is 0 Å². The number of furan rings is 1. The van der Waals surface area contributed by atoms with Crippen molar-refractivity contribution in [1.29, 1.82) is 0 Å². The normalized spacial score (nSPS) is 17.8. The molecular formula is C18H17N5O3. The molecular weight excluding hydrogens is 334 g/mol. The molecule has 1 aliphatic rings. The van der Waals surface area contributed by atoms with Crippen LogP contribution in [-0.2, 0) is 4.74 Å². The number of nitrogens with zero attached hydrogens (tertiary/aromatic N) is 4. The summed E-state index contributed by atoms with van der Waals surface area (Å²) in [4.78, 5) is 8.51. The van der Waals surface area contributed by atoms with E-state index in [4.69, 9.17) is 13.9 Å². The summed E-state index contributed by atoms with van der Waals surface area (Å²) >= 11 is 0. The van der Waals surface area contributed by atoms with Crippen molar-refractivity contribution in [2.45, 2.75) is 6.10 Å². The molecule has 0 spiro atoms. The maximum absolute atomic E-state index is 5.91. The van der Waals surface area contributed by atoms with Crippen molar-refractivity contribution in [2.24, 2.45) is 0 Å². The van der Waals surface area contributed by atoms with Gasteiger partial charge in [-0.15, -0.1) is 5.10 Å². The van der Waals surface area contributed by atoms with Gasteiger partial charge in [0.25, 0.3) is 0 Å². The summed E-state index contributed by atoms with van der Waals surface area (Å²) in [5.41, 5.74) is 2.26. The summed E-state index contributed by atoms with van der Waals surface area (Å²) in [6, 6.07) is 7.45. The van der Waals surface area contributed by atoms with Crippen LogP contribution < -0.4 is 10.1 Å². The third-order valence-electron chi connectivity index (χ3n) is 4.33. The van der Waals surface area contributed by atoms with E-state index < -0.39 is 0 Å². The summed E-state index contributed by atoms with van der Waals surface area (Å²) in [5.74, 6) is 1.20. The number of fused-ring (bicyclic) bond motifs is 2. The Morgan fingerprint density at radius 2 is 2.27 bits per heavy atom. The van der Waals surface area contributed by atoms with Crippen molar-refractivity contribution in [2.75, 3.05) is 26.3 Å². The Labute approximate surface area is 148 Å². The molecule has 1 fully saturated rings. The fourth-order valence-electron chi connectivity index (χ4n) is 3.02. The van der Waals surface area contributed by atoms with Crippen molar-refractivity contribution in [3.05, 3.63) is 42.9 Å². The van der Waals surface area contributed by atoms with Crippen LogP contribution in [0, 0.1) is 0 Å². The maximum Gasteiger partial charge on any atom is 0.231 e. The van der Waals surface area contributed by atoms with Crippen LogP contribution in [-0.4, -0.2) is 52.0 Å². The van der Waals surface area contributed by atoms with Gasteiger partial charge in [-0.3, -0.25) is 4.98 Å². The molecule has 1 saturated heterocycles. The monoisotopic (exact) mass is 351 g/mol. The first-order chi connectivity index (χ1) is 12.9. The van der Waals surface area contributed by atoms with Gasteiger partial charge in [-0.05, 0) is 18.2 Å². The quantitative estimate of drug-likeness (QED) is 0.601. The SMILES string of the molecule is c1cc2oc(-c3cnc4ccc(OC[C@H]5CNCCO5)nn34)cc2cn1. The van der Waals surface area contributed by atoms with Crippen LogP contribution in [0.1, 0.15) is 0 Å². The highest BCUT2D eigenvalue weighted by Gasteiger charge is 2.16. The second-order valence-corrected chi connectivity index (χ2v) is 6.12. The van der Waals surface area contributed by atoms with Crippen LogP contribution in [0.2, 0.25) is 0 Å². The largest absolute Gasteiger partial charge is 0.474 e. The third-order valence-corrected chi connectivity index (χ3v) is 4.33. The zero-order valence-electron chi connectivity index (χ0n) is 14.0. The first kappa shape index (κ1) is 15.3. The van der Waals surface area contributed by atoms with Gasteiger partial charge in [0.05, 0.1) is 12.8 Å². The van der Waals surface area contributed by atoms with Gasteiger partial charge in [-0.25, -0.2) is 9.50 Å². The fraction of sp³-hybridized carbons (Fsp3) is 0.278. The molecule has 8 nitrogen and oxygen atoms in total. The van der Waals surface area contributed by atoms with E-state index >= 15 is 0 Å². The molecule has 5 heterocycles. The molecule has 0 saturated carbocycles. The van der Waals surface area contributed by atoms with Gasteiger partial charge in [0.2, 0.25) is 5.88 Å². The number of imidazole rings is 1. The molecule has 0 unspecified atom stereocenters. The summed E-state index contributed by atoms with van der Waals surface area (Å²) in [5, 5.41) is 8.77. The van der Waals surface area contributed by atoms with E-state index in [1.54, 1.807) is 23.1 Å². The van der Waals surface area contributed by atoms with Gasteiger partial charge in [0.15, 0.2) is 11.4 Å². The van der Waals surface area contributed by atoms with E-state index in [1.807, 2.05) is 24.3 Å². The fourth-order valence-corrected chi connectivity index (χ4v) is 3.02. The Bertz CT molecular complexity index is 1020. The Morgan fingerprint density at radius 1 is 1.27 bits per heavy atom. The highest BCUT2D eigenvalue weighted by atomic mass is 16.5. The molecule has 0 aromatic carbocycles. The first-order valence-corrected chi connectivity index (χ1v) is 8.51. The van der Waals surface area contributed by atoms with Crippen LogP contribution in [0.4, 0.5) is 0 Å². The van der Waals surface area contributed by atoms with E-state index in [2.05, 4.69) is 20.4 Å². The van der Waals surface area contributed by atoms with Crippen LogP contribution in [0.15, 0.2) is 47.3 Å². The minimum absolute atomic E-state index is 0.0337. The van der Waals surface area contributed by atoms with Gasteiger partial charge < -0.3 is 19.2 Å². The highest BCUT2D eigenvalue weighted by Crippen LogP contribution is 2.27. The summed E-state index contributed by atoms with van der Waals surface area (Å²) in [7, 11) is 0. The number of hydrogen-bond donors (Lipinski definition) is 1. The lowest BCUT2D eigenvalue weighted by Gasteiger charge is -2.23. The predicted octanol–water partition coefficient (Wildman–Crippen LogP) is 1.90. The third kappa shape index (κ3) is 2.79. The van der Waals surface area contributed by atoms with Crippen LogP contribution >= 0.6 is 0 Å². The van der Waals surface area contributed by atoms with Crippen molar-refractivity contribution in [3.8, 4) is 17.3 Å². The lowest BCUT2D eigenvalue weighted by Crippen LogP contribution is -2.41. The maximum atomic E-state index is 5.91. The smallest absolute Gasteiger partial charge is 0.231 e.